The van der Waals surface area contributed by atoms with Crippen LogP contribution in [0.25, 0.3) is 0 Å². The van der Waals surface area contributed by atoms with E-state index in [0.717, 1.165) is 0 Å². The normalized spacial score (nSPS) is 24.7. The Bertz CT molecular complexity index is 223. The van der Waals surface area contributed by atoms with E-state index in [-0.39, 0.29) is 18.1 Å². The van der Waals surface area contributed by atoms with Crippen molar-refractivity contribution in [2.75, 3.05) is 32.8 Å². The van der Waals surface area contributed by atoms with Gasteiger partial charge in [-0.1, -0.05) is 0 Å². The third-order valence-electron chi connectivity index (χ3n) is 2.81. The molecule has 16 heavy (non-hydrogen) atoms. The van der Waals surface area contributed by atoms with Crippen LogP contribution in [0.1, 0.15) is 20.3 Å². The fraction of sp³-hybridized carbons (Fsp3) is 0.909. The van der Waals surface area contributed by atoms with Gasteiger partial charge in [-0.2, -0.15) is 0 Å². The van der Waals surface area contributed by atoms with Gasteiger partial charge in [0.2, 0.25) is 5.91 Å². The zero-order valence-corrected chi connectivity index (χ0v) is 10.1. The fourth-order valence-electron chi connectivity index (χ4n) is 1.87. The van der Waals surface area contributed by atoms with Gasteiger partial charge in [-0.3, -0.25) is 4.79 Å². The molecule has 94 valence electrons. The average molecular weight is 230 g/mol. The van der Waals surface area contributed by atoms with Gasteiger partial charge in [0.25, 0.3) is 0 Å². The molecule has 0 aliphatic carbocycles. The maximum atomic E-state index is 12.0. The molecular formula is C11H22N2O3. The Morgan fingerprint density at radius 1 is 1.56 bits per heavy atom. The van der Waals surface area contributed by atoms with Gasteiger partial charge in [0.05, 0.1) is 18.8 Å². The number of carbonyl (C=O) groups is 1. The van der Waals surface area contributed by atoms with Crippen LogP contribution in [-0.4, -0.2) is 60.9 Å². The Labute approximate surface area is 96.8 Å². The van der Waals surface area contributed by atoms with Crippen LogP contribution < -0.4 is 5.32 Å². The molecule has 1 heterocycles. The summed E-state index contributed by atoms with van der Waals surface area (Å²) in [6, 6.07) is -0.225. The SMILES string of the molecule is CCOCCN(CC)C(=O)C1CC(O)CN1. The van der Waals surface area contributed by atoms with E-state index in [0.29, 0.717) is 39.3 Å². The van der Waals surface area contributed by atoms with Crippen LogP contribution in [0.5, 0.6) is 0 Å². The summed E-state index contributed by atoms with van der Waals surface area (Å²) < 4.78 is 5.24. The minimum absolute atomic E-state index is 0.0683. The number of aliphatic hydroxyl groups excluding tert-OH is 1. The van der Waals surface area contributed by atoms with Crippen LogP contribution in [0.3, 0.4) is 0 Å². The smallest absolute Gasteiger partial charge is 0.239 e. The second-order valence-corrected chi connectivity index (χ2v) is 3.97. The largest absolute Gasteiger partial charge is 0.392 e. The summed E-state index contributed by atoms with van der Waals surface area (Å²) in [5.41, 5.74) is 0. The predicted octanol–water partition coefficient (Wildman–Crippen LogP) is -0.406. The van der Waals surface area contributed by atoms with Crippen molar-refractivity contribution in [3.63, 3.8) is 0 Å². The molecule has 1 saturated heterocycles. The number of carbonyl (C=O) groups excluding carboxylic acids is 1. The number of rotatable bonds is 6. The highest BCUT2D eigenvalue weighted by Crippen LogP contribution is 2.09. The van der Waals surface area contributed by atoms with Crippen molar-refractivity contribution >= 4 is 5.91 Å². The molecule has 1 rings (SSSR count). The lowest BCUT2D eigenvalue weighted by Gasteiger charge is -2.24. The lowest BCUT2D eigenvalue weighted by Crippen LogP contribution is -2.44. The zero-order chi connectivity index (χ0) is 12.0. The Kier molecular flexibility index (Phi) is 5.73. The van der Waals surface area contributed by atoms with E-state index in [1.165, 1.54) is 0 Å². The maximum absolute atomic E-state index is 12.0. The third-order valence-corrected chi connectivity index (χ3v) is 2.81. The zero-order valence-electron chi connectivity index (χ0n) is 10.1. The van der Waals surface area contributed by atoms with Crippen molar-refractivity contribution in [1.82, 2.24) is 10.2 Å². The van der Waals surface area contributed by atoms with Gasteiger partial charge in [0.1, 0.15) is 0 Å². The molecule has 0 radical (unpaired) electrons. The van der Waals surface area contributed by atoms with Crippen LogP contribution in [-0.2, 0) is 9.53 Å². The number of hydrogen-bond donors (Lipinski definition) is 2. The standard InChI is InChI=1S/C11H22N2O3/c1-3-13(5-6-16-4-2)11(15)10-7-9(14)8-12-10/h9-10,12,14H,3-8H2,1-2H3. The second kappa shape index (κ2) is 6.83. The Morgan fingerprint density at radius 3 is 2.81 bits per heavy atom. The Morgan fingerprint density at radius 2 is 2.31 bits per heavy atom. The molecule has 2 N–H and O–H groups in total. The molecule has 2 unspecified atom stereocenters. The van der Waals surface area contributed by atoms with Crippen LogP contribution >= 0.6 is 0 Å². The first-order valence-corrected chi connectivity index (χ1v) is 5.97. The summed E-state index contributed by atoms with van der Waals surface area (Å²) in [6.07, 6.45) is 0.129. The number of β-amino-alcohol motifs (C(OH)–C–C–N with tert-alkyl or cyclic N) is 1. The number of ether oxygens (including phenoxy) is 1. The molecule has 1 aliphatic rings. The van der Waals surface area contributed by atoms with Gasteiger partial charge in [-0.25, -0.2) is 0 Å². The minimum Gasteiger partial charge on any atom is -0.392 e. The van der Waals surface area contributed by atoms with Gasteiger partial charge in [0, 0.05) is 26.2 Å². The number of amides is 1. The molecule has 2 atom stereocenters. The van der Waals surface area contributed by atoms with Crippen LogP contribution in [0.4, 0.5) is 0 Å². The van der Waals surface area contributed by atoms with E-state index in [9.17, 15) is 9.90 Å². The van der Waals surface area contributed by atoms with Crippen molar-refractivity contribution in [2.45, 2.75) is 32.4 Å². The van der Waals surface area contributed by atoms with Crippen molar-refractivity contribution in [3.8, 4) is 0 Å². The molecule has 0 aromatic carbocycles. The van der Waals surface area contributed by atoms with Gasteiger partial charge >= 0.3 is 0 Å². The third kappa shape index (κ3) is 3.73. The molecule has 0 bridgehead atoms. The van der Waals surface area contributed by atoms with E-state index in [4.69, 9.17) is 4.74 Å². The van der Waals surface area contributed by atoms with Crippen molar-refractivity contribution < 1.29 is 14.6 Å². The number of nitrogens with one attached hydrogen (secondary N) is 1. The molecule has 0 aromatic heterocycles. The average Bonchev–Trinajstić information content (AvgIpc) is 2.70. The molecule has 0 saturated carbocycles. The highest BCUT2D eigenvalue weighted by molar-refractivity contribution is 5.82. The van der Waals surface area contributed by atoms with E-state index >= 15 is 0 Å². The number of hydrogen-bond acceptors (Lipinski definition) is 4. The summed E-state index contributed by atoms with van der Waals surface area (Å²) in [5, 5.41) is 12.4. The first-order valence-electron chi connectivity index (χ1n) is 5.97. The number of likely N-dealkylation sites (N-methyl/N-ethyl adjacent to an activating group) is 1. The number of aliphatic hydroxyl groups is 1. The minimum atomic E-state index is -0.389. The van der Waals surface area contributed by atoms with Crippen LogP contribution in [0.2, 0.25) is 0 Å². The Balaban J connectivity index is 2.36. The summed E-state index contributed by atoms with van der Waals surface area (Å²) in [6.45, 7) is 6.96. The molecular weight excluding hydrogens is 208 g/mol. The summed E-state index contributed by atoms with van der Waals surface area (Å²) >= 11 is 0. The molecule has 5 nitrogen and oxygen atoms in total. The summed E-state index contributed by atoms with van der Waals surface area (Å²) in [5.74, 6) is 0.0683. The fourth-order valence-corrected chi connectivity index (χ4v) is 1.87. The maximum Gasteiger partial charge on any atom is 0.239 e. The lowest BCUT2D eigenvalue weighted by molar-refractivity contribution is -0.133. The van der Waals surface area contributed by atoms with Crippen LogP contribution in [0.15, 0.2) is 0 Å². The predicted molar refractivity (Wildman–Crippen MR) is 61.2 cm³/mol. The van der Waals surface area contributed by atoms with E-state index in [1.807, 2.05) is 13.8 Å². The van der Waals surface area contributed by atoms with Crippen molar-refractivity contribution in [3.05, 3.63) is 0 Å². The quantitative estimate of drug-likeness (QED) is 0.609. The highest BCUT2D eigenvalue weighted by atomic mass is 16.5. The Hall–Kier alpha value is -0.650. The first kappa shape index (κ1) is 13.4. The molecule has 5 heteroatoms. The topological polar surface area (TPSA) is 61.8 Å². The van der Waals surface area contributed by atoms with Gasteiger partial charge in [0.15, 0.2) is 0 Å². The molecule has 1 aliphatic heterocycles. The van der Waals surface area contributed by atoms with E-state index < -0.39 is 0 Å². The molecule has 1 fully saturated rings. The highest BCUT2D eigenvalue weighted by Gasteiger charge is 2.30. The first-order chi connectivity index (χ1) is 7.69. The van der Waals surface area contributed by atoms with Crippen molar-refractivity contribution in [1.29, 1.82) is 0 Å². The van der Waals surface area contributed by atoms with E-state index in [2.05, 4.69) is 5.32 Å². The van der Waals surface area contributed by atoms with Gasteiger partial charge in [-0.15, -0.1) is 0 Å². The lowest BCUT2D eigenvalue weighted by atomic mass is 10.2. The van der Waals surface area contributed by atoms with Crippen LogP contribution in [0, 0.1) is 0 Å². The summed E-state index contributed by atoms with van der Waals surface area (Å²) in [4.78, 5) is 13.8. The van der Waals surface area contributed by atoms with Gasteiger partial charge in [-0.05, 0) is 20.3 Å². The summed E-state index contributed by atoms with van der Waals surface area (Å²) in [7, 11) is 0. The monoisotopic (exact) mass is 230 g/mol. The van der Waals surface area contributed by atoms with Gasteiger partial charge < -0.3 is 20.1 Å². The van der Waals surface area contributed by atoms with E-state index in [1.54, 1.807) is 4.90 Å². The molecule has 0 aromatic rings. The second-order valence-electron chi connectivity index (χ2n) is 3.97. The molecule has 1 amide bonds. The van der Waals surface area contributed by atoms with Crippen molar-refractivity contribution in [2.24, 2.45) is 0 Å². The number of nitrogens with zero attached hydrogens (tertiary/aromatic N) is 1. The molecule has 0 spiro atoms.